The molecule has 0 spiro atoms. The number of aromatic nitrogens is 3. The molecule has 1 radical (unpaired) electrons. The molecule has 0 atom stereocenters. The van der Waals surface area contributed by atoms with Crippen molar-refractivity contribution >= 4 is 46.2 Å². The van der Waals surface area contributed by atoms with E-state index in [0.29, 0.717) is 16.8 Å². The van der Waals surface area contributed by atoms with Gasteiger partial charge in [-0.1, -0.05) is 118 Å². The van der Waals surface area contributed by atoms with Gasteiger partial charge >= 0.3 is 0 Å². The van der Waals surface area contributed by atoms with Crippen LogP contribution in [0.25, 0.3) is 61.3 Å². The molecule has 0 N–H and O–H groups in total. The average Bonchev–Trinajstić information content (AvgIpc) is 3.73. The number of furan rings is 1. The predicted octanol–water partition coefficient (Wildman–Crippen LogP) is 11.4. The maximum Gasteiger partial charge on any atom is 0.120 e. The van der Waals surface area contributed by atoms with E-state index in [1.165, 1.54) is 6.07 Å². The molecule has 51 heavy (non-hydrogen) atoms. The molecule has 0 fully saturated rings. The van der Waals surface area contributed by atoms with Gasteiger partial charge in [-0.25, -0.2) is 0 Å². The molecule has 0 unspecified atom stereocenters. The number of nitrogens with zero attached hydrogens (tertiary/aromatic N) is 3. The van der Waals surface area contributed by atoms with E-state index in [0.717, 1.165) is 55.2 Å². The van der Waals surface area contributed by atoms with Crippen LogP contribution in [0.4, 0.5) is 0 Å². The molecule has 8 aromatic rings. The molecule has 0 amide bonds. The minimum atomic E-state index is -2.17. The topological polar surface area (TPSA) is 43.9 Å². The molecular weight excluding hydrogens is 819 g/mol. The van der Waals surface area contributed by atoms with Crippen LogP contribution in [0, 0.1) is 24.4 Å². The zero-order valence-corrected chi connectivity index (χ0v) is 33.0. The van der Waals surface area contributed by atoms with Crippen LogP contribution in [-0.4, -0.2) is 22.6 Å². The van der Waals surface area contributed by atoms with Crippen LogP contribution in [0.15, 0.2) is 126 Å². The van der Waals surface area contributed by atoms with Crippen molar-refractivity contribution in [3.05, 3.63) is 145 Å². The Morgan fingerprint density at radius 3 is 2.33 bits per heavy atom. The van der Waals surface area contributed by atoms with Gasteiger partial charge in [0, 0.05) is 44.2 Å². The van der Waals surface area contributed by atoms with Crippen LogP contribution in [0.1, 0.15) is 38.8 Å². The fraction of sp³-hybridized carbons (Fsp3) is 0.200. The molecule has 0 saturated heterocycles. The first-order chi connectivity index (χ1) is 25.9. The number of imidazole rings is 1. The second kappa shape index (κ2) is 14.6. The number of fused-ring (bicyclic) bond motifs is 4. The number of para-hydroxylation sites is 4. The third-order valence-corrected chi connectivity index (χ3v) is 10.5. The maximum atomic E-state index is 8.79. The molecule has 3 heterocycles. The molecule has 5 aromatic carbocycles. The Morgan fingerprint density at radius 1 is 0.863 bits per heavy atom. The first-order valence-corrected chi connectivity index (χ1v) is 20.3. The zero-order chi connectivity index (χ0) is 39.3. The summed E-state index contributed by atoms with van der Waals surface area (Å²) in [7, 11) is -1.81. The van der Waals surface area contributed by atoms with Crippen molar-refractivity contribution in [2.24, 2.45) is 5.41 Å². The van der Waals surface area contributed by atoms with Crippen molar-refractivity contribution < 1.29 is 31.4 Å². The summed E-state index contributed by atoms with van der Waals surface area (Å²) in [5, 5.41) is 3.19. The van der Waals surface area contributed by atoms with Crippen molar-refractivity contribution in [3.8, 4) is 28.3 Å². The molecular formula is C45H43IrN3OSi-2. The second-order valence-corrected chi connectivity index (χ2v) is 19.6. The van der Waals surface area contributed by atoms with Crippen molar-refractivity contribution in [2.75, 3.05) is 0 Å². The van der Waals surface area contributed by atoms with Gasteiger partial charge in [0.1, 0.15) is 5.58 Å². The van der Waals surface area contributed by atoms with Crippen molar-refractivity contribution in [1.29, 1.82) is 0 Å². The summed E-state index contributed by atoms with van der Waals surface area (Å²) in [5.41, 5.74) is 7.23. The number of hydrogen-bond donors (Lipinski definition) is 0. The molecule has 6 heteroatoms. The van der Waals surface area contributed by atoms with Gasteiger partial charge in [0.05, 0.1) is 30.5 Å². The summed E-state index contributed by atoms with van der Waals surface area (Å²) < 4.78 is 48.4. The van der Waals surface area contributed by atoms with E-state index in [2.05, 4.69) is 71.7 Å². The molecule has 8 rings (SSSR count). The third-order valence-electron chi connectivity index (χ3n) is 8.45. The van der Waals surface area contributed by atoms with E-state index >= 15 is 0 Å². The van der Waals surface area contributed by atoms with Crippen LogP contribution in [0.2, 0.25) is 19.6 Å². The number of pyridine rings is 1. The summed E-state index contributed by atoms with van der Waals surface area (Å²) in [6.45, 7) is 10.1. The van der Waals surface area contributed by atoms with Gasteiger partial charge in [-0.2, -0.15) is 0 Å². The quantitative estimate of drug-likeness (QED) is 0.128. The van der Waals surface area contributed by atoms with Crippen LogP contribution in [0.3, 0.4) is 0 Å². The molecule has 4 nitrogen and oxygen atoms in total. The van der Waals surface area contributed by atoms with Gasteiger partial charge < -0.3 is 14.0 Å². The van der Waals surface area contributed by atoms with Crippen molar-refractivity contribution in [3.63, 3.8) is 0 Å². The monoisotopic (exact) mass is 867 g/mol. The largest absolute Gasteiger partial charge is 0.501 e. The van der Waals surface area contributed by atoms with Crippen molar-refractivity contribution in [1.82, 2.24) is 14.5 Å². The normalized spacial score (nSPS) is 13.7. The number of benzene rings is 5. The third kappa shape index (κ3) is 7.69. The van der Waals surface area contributed by atoms with Gasteiger partial charge in [-0.3, -0.25) is 4.98 Å². The Balaban J connectivity index is 0.000000187. The number of rotatable bonds is 5. The van der Waals surface area contributed by atoms with E-state index in [9.17, 15) is 0 Å². The molecule has 0 aliphatic rings. The van der Waals surface area contributed by atoms with Gasteiger partial charge in [-0.15, -0.1) is 53.6 Å². The number of aryl methyl sites for hydroxylation is 1. The molecule has 0 saturated carbocycles. The molecule has 0 aliphatic heterocycles. The minimum Gasteiger partial charge on any atom is -0.501 e. The van der Waals surface area contributed by atoms with Crippen molar-refractivity contribution in [2.45, 2.75) is 53.6 Å². The minimum absolute atomic E-state index is 0. The summed E-state index contributed by atoms with van der Waals surface area (Å²) in [5.74, 6) is 0.831. The Morgan fingerprint density at radius 2 is 1.61 bits per heavy atom. The van der Waals surface area contributed by atoms with E-state index in [4.69, 9.17) is 16.3 Å². The molecule has 3 aromatic heterocycles. The van der Waals surface area contributed by atoms with Gasteiger partial charge in [0.2, 0.25) is 0 Å². The van der Waals surface area contributed by atoms with Crippen LogP contribution < -0.4 is 5.19 Å². The smallest absolute Gasteiger partial charge is 0.120 e. The van der Waals surface area contributed by atoms with E-state index in [1.54, 1.807) is 18.3 Å². The standard InChI is InChI=1S/C25H15N2O.C20H28NSi.Ir/c1-2-9-17(10-3-1)27-22-15-6-5-14-21(22)26-25(27)20-13-8-12-19-18-11-4-7-16-23(18)28-24(19)20;1-15-8-10-16(11-9-15)18-12-17(13-20(2,3)4)19(14-21-18)22(5,6)7;/h1-12,14-16H;8-10,12,14H,13H2,1-7H3;/q2*-1;/i;1D3,13D2;. The first-order valence-electron chi connectivity index (χ1n) is 19.3. The van der Waals surface area contributed by atoms with Gasteiger partial charge in [0.15, 0.2) is 0 Å². The molecule has 259 valence electrons. The Bertz CT molecular complexity index is 2640. The Hall–Kier alpha value is -4.61. The summed E-state index contributed by atoms with van der Waals surface area (Å²) >= 11 is 0. The average molecular weight is 867 g/mol. The van der Waals surface area contributed by atoms with E-state index in [-0.39, 0.29) is 25.7 Å². The zero-order valence-electron chi connectivity index (χ0n) is 34.6. The van der Waals surface area contributed by atoms with E-state index < -0.39 is 26.7 Å². The van der Waals surface area contributed by atoms with Crippen LogP contribution >= 0.6 is 0 Å². The van der Waals surface area contributed by atoms with Gasteiger partial charge in [0.25, 0.3) is 0 Å². The number of hydrogen-bond acceptors (Lipinski definition) is 3. The van der Waals surface area contributed by atoms with E-state index in [1.807, 2.05) is 87.5 Å². The van der Waals surface area contributed by atoms with Crippen LogP contribution in [0.5, 0.6) is 0 Å². The summed E-state index contributed by atoms with van der Waals surface area (Å²) in [6, 6.07) is 43.5. The fourth-order valence-corrected chi connectivity index (χ4v) is 7.58. The summed E-state index contributed by atoms with van der Waals surface area (Å²) in [4.78, 5) is 9.51. The Labute approximate surface area is 323 Å². The SMILES string of the molecule is [2H]C([2H])([2H])c1c[c-]c(-c2cc(C([2H])([2H])C(C)(C)C)c([Si](C)(C)C)cn2)cc1.[Ir].[c-]1ccc2c(oc3ccccc32)c1-c1nc2ccccc2n1-c1ccccc1. The Kier molecular flexibility index (Phi) is 8.58. The molecule has 0 aliphatic carbocycles. The molecule has 0 bridgehead atoms. The second-order valence-electron chi connectivity index (χ2n) is 14.5. The van der Waals surface area contributed by atoms with Gasteiger partial charge in [-0.05, 0) is 53.0 Å². The maximum absolute atomic E-state index is 8.79. The van der Waals surface area contributed by atoms with Crippen LogP contribution in [-0.2, 0) is 26.5 Å². The fourth-order valence-electron chi connectivity index (χ4n) is 6.18. The predicted molar refractivity (Wildman–Crippen MR) is 212 cm³/mol. The summed E-state index contributed by atoms with van der Waals surface area (Å²) in [6.07, 6.45) is 0.269. The first kappa shape index (κ1) is 30.1.